The van der Waals surface area contributed by atoms with Crippen molar-refractivity contribution in [3.05, 3.63) is 58.6 Å². The van der Waals surface area contributed by atoms with E-state index in [4.69, 9.17) is 0 Å². The fourth-order valence-electron chi connectivity index (χ4n) is 3.71. The predicted molar refractivity (Wildman–Crippen MR) is 102 cm³/mol. The molecule has 5 nitrogen and oxygen atoms in total. The molecule has 0 radical (unpaired) electrons. The van der Waals surface area contributed by atoms with Crippen LogP contribution in [0.25, 0.3) is 0 Å². The molecule has 4 rings (SSSR count). The van der Waals surface area contributed by atoms with Crippen LogP contribution in [0.1, 0.15) is 5.56 Å². The molecule has 2 atom stereocenters. The maximum Gasteiger partial charge on any atom is 0.329 e. The van der Waals surface area contributed by atoms with Crippen molar-refractivity contribution in [2.24, 2.45) is 0 Å². The van der Waals surface area contributed by atoms with Crippen molar-refractivity contribution in [3.63, 3.8) is 0 Å². The Morgan fingerprint density at radius 1 is 0.960 bits per heavy atom. The fraction of sp³-hybridized carbons (Fsp3) is 0.278. The molecule has 2 aromatic carbocycles. The van der Waals surface area contributed by atoms with Crippen molar-refractivity contribution in [1.82, 2.24) is 0 Å². The Kier molecular flexibility index (Phi) is 3.88. The number of fused-ring (bicyclic) bond motifs is 1. The summed E-state index contributed by atoms with van der Waals surface area (Å²) in [7, 11) is -3.18. The summed E-state index contributed by atoms with van der Waals surface area (Å²) >= 11 is 3.42. The van der Waals surface area contributed by atoms with Crippen LogP contribution in [0, 0.1) is 6.92 Å². The van der Waals surface area contributed by atoms with Gasteiger partial charge in [-0.05, 0) is 42.8 Å². The molecule has 0 spiro atoms. The summed E-state index contributed by atoms with van der Waals surface area (Å²) < 4.78 is 25.4. The lowest BCUT2D eigenvalue weighted by atomic mass is 10.1. The maximum atomic E-state index is 13.2. The highest BCUT2D eigenvalue weighted by atomic mass is 79.9. The molecule has 130 valence electrons. The van der Waals surface area contributed by atoms with Gasteiger partial charge in [-0.15, -0.1) is 0 Å². The summed E-state index contributed by atoms with van der Waals surface area (Å²) in [6.45, 7) is 1.96. The van der Waals surface area contributed by atoms with Crippen LogP contribution in [0.3, 0.4) is 0 Å². The van der Waals surface area contributed by atoms with Gasteiger partial charge in [0.2, 0.25) is 0 Å². The minimum atomic E-state index is -3.18. The second-order valence-electron chi connectivity index (χ2n) is 6.55. The van der Waals surface area contributed by atoms with Crippen molar-refractivity contribution in [2.75, 3.05) is 21.3 Å². The molecule has 0 unspecified atom stereocenters. The molecule has 0 bridgehead atoms. The third-order valence-electron chi connectivity index (χ3n) is 4.74. The van der Waals surface area contributed by atoms with E-state index in [1.54, 1.807) is 9.80 Å². The monoisotopic (exact) mass is 420 g/mol. The smallest absolute Gasteiger partial charge is 0.288 e. The topological polar surface area (TPSA) is 57.7 Å². The van der Waals surface area contributed by atoms with Gasteiger partial charge in [-0.3, -0.25) is 9.80 Å². The molecule has 2 aromatic rings. The Morgan fingerprint density at radius 2 is 1.52 bits per heavy atom. The number of anilines is 2. The molecular weight excluding hydrogens is 404 g/mol. The molecule has 25 heavy (non-hydrogen) atoms. The van der Waals surface area contributed by atoms with Crippen LogP contribution in [-0.4, -0.2) is 38.0 Å². The lowest BCUT2D eigenvalue weighted by Crippen LogP contribution is -2.37. The van der Waals surface area contributed by atoms with Gasteiger partial charge in [0.1, 0.15) is 0 Å². The fourth-order valence-corrected chi connectivity index (χ4v) is 6.02. The van der Waals surface area contributed by atoms with Crippen LogP contribution < -0.4 is 9.80 Å². The molecule has 7 heteroatoms. The van der Waals surface area contributed by atoms with Gasteiger partial charge >= 0.3 is 6.03 Å². The van der Waals surface area contributed by atoms with Crippen LogP contribution in [0.5, 0.6) is 0 Å². The second-order valence-corrected chi connectivity index (χ2v) is 9.62. The van der Waals surface area contributed by atoms with Crippen molar-refractivity contribution in [1.29, 1.82) is 0 Å². The number of rotatable bonds is 2. The molecule has 0 N–H and O–H groups in total. The number of urea groups is 1. The predicted octanol–water partition coefficient (Wildman–Crippen LogP) is 3.37. The number of carbonyl (C=O) groups is 1. The third kappa shape index (κ3) is 2.85. The van der Waals surface area contributed by atoms with E-state index in [0.717, 1.165) is 15.7 Å². The van der Waals surface area contributed by atoms with E-state index in [-0.39, 0.29) is 29.6 Å². The Balaban J connectivity index is 1.83. The van der Waals surface area contributed by atoms with E-state index in [0.29, 0.717) is 5.69 Å². The van der Waals surface area contributed by atoms with E-state index in [9.17, 15) is 13.2 Å². The number of hydrogen-bond acceptors (Lipinski definition) is 3. The highest BCUT2D eigenvalue weighted by Crippen LogP contribution is 2.38. The summed E-state index contributed by atoms with van der Waals surface area (Å²) in [5, 5.41) is 0. The number of aryl methyl sites for hydroxylation is 1. The summed E-state index contributed by atoms with van der Waals surface area (Å²) in [6.07, 6.45) is 0. The molecule has 2 heterocycles. The molecule has 2 saturated heterocycles. The zero-order valence-electron chi connectivity index (χ0n) is 13.6. The standard InChI is InChI=1S/C18H17BrN2O3S/c1-12-4-2-6-14(8-12)20-16-10-25(23,24)11-17(16)21(18(20)22)15-7-3-5-13(19)9-15/h2-9,16-17H,10-11H2,1H3/t16-,17+/m0/s1. The van der Waals surface area contributed by atoms with Gasteiger partial charge in [-0.2, -0.15) is 0 Å². The van der Waals surface area contributed by atoms with Crippen LogP contribution in [0.2, 0.25) is 0 Å². The van der Waals surface area contributed by atoms with Crippen LogP contribution in [-0.2, 0) is 9.84 Å². The number of nitrogens with zero attached hydrogens (tertiary/aromatic N) is 2. The number of hydrogen-bond donors (Lipinski definition) is 0. The van der Waals surface area contributed by atoms with E-state index >= 15 is 0 Å². The molecule has 0 saturated carbocycles. The minimum absolute atomic E-state index is 0.00175. The van der Waals surface area contributed by atoms with Gasteiger partial charge in [0, 0.05) is 15.8 Å². The summed E-state index contributed by atoms with van der Waals surface area (Å²) in [4.78, 5) is 16.5. The Bertz CT molecular complexity index is 891. The number of carbonyl (C=O) groups excluding carboxylic acids is 1. The lowest BCUT2D eigenvalue weighted by Gasteiger charge is -2.23. The summed E-state index contributed by atoms with van der Waals surface area (Å²) in [5.74, 6) is 0.0000868. The van der Waals surface area contributed by atoms with E-state index in [2.05, 4.69) is 15.9 Å². The van der Waals surface area contributed by atoms with Crippen molar-refractivity contribution in [2.45, 2.75) is 19.0 Å². The number of sulfone groups is 1. The van der Waals surface area contributed by atoms with E-state index < -0.39 is 9.84 Å². The lowest BCUT2D eigenvalue weighted by molar-refractivity contribution is 0.255. The molecule has 2 amide bonds. The molecule has 2 fully saturated rings. The first-order valence-corrected chi connectivity index (χ1v) is 10.6. The van der Waals surface area contributed by atoms with Crippen LogP contribution in [0.15, 0.2) is 53.0 Å². The number of benzene rings is 2. The quantitative estimate of drug-likeness (QED) is 0.699. The SMILES string of the molecule is Cc1cccc(N2C(=O)N(c3cccc(Br)c3)[C@@H]3CS(=O)(=O)C[C@@H]32)c1. The van der Waals surface area contributed by atoms with Crippen molar-refractivity contribution < 1.29 is 13.2 Å². The average molecular weight is 421 g/mol. The first-order chi connectivity index (χ1) is 11.9. The van der Waals surface area contributed by atoms with Gasteiger partial charge in [-0.25, -0.2) is 13.2 Å². The maximum absolute atomic E-state index is 13.2. The van der Waals surface area contributed by atoms with Gasteiger partial charge in [-0.1, -0.05) is 34.1 Å². The minimum Gasteiger partial charge on any atom is -0.288 e. The largest absolute Gasteiger partial charge is 0.329 e. The van der Waals surface area contributed by atoms with Crippen LogP contribution >= 0.6 is 15.9 Å². The molecule has 0 aliphatic carbocycles. The van der Waals surface area contributed by atoms with Crippen molar-refractivity contribution in [3.8, 4) is 0 Å². The van der Waals surface area contributed by atoms with Gasteiger partial charge in [0.15, 0.2) is 9.84 Å². The number of amides is 2. The second kappa shape index (κ2) is 5.85. The molecule has 2 aliphatic heterocycles. The third-order valence-corrected chi connectivity index (χ3v) is 6.93. The summed E-state index contributed by atoms with van der Waals surface area (Å²) in [6, 6.07) is 14.1. The first-order valence-electron chi connectivity index (χ1n) is 8.01. The zero-order valence-corrected chi connectivity index (χ0v) is 16.0. The normalized spacial score (nSPS) is 24.6. The summed E-state index contributed by atoms with van der Waals surface area (Å²) in [5.41, 5.74) is 2.49. The Labute approximate surface area is 155 Å². The van der Waals surface area contributed by atoms with E-state index in [1.165, 1.54) is 0 Å². The zero-order chi connectivity index (χ0) is 17.8. The highest BCUT2D eigenvalue weighted by molar-refractivity contribution is 9.10. The molecule has 0 aromatic heterocycles. The van der Waals surface area contributed by atoms with E-state index in [1.807, 2.05) is 55.5 Å². The van der Waals surface area contributed by atoms with Gasteiger partial charge < -0.3 is 0 Å². The number of halogens is 1. The van der Waals surface area contributed by atoms with Crippen molar-refractivity contribution >= 4 is 43.2 Å². The Hall–Kier alpha value is -1.86. The first kappa shape index (κ1) is 16.6. The molecular formula is C18H17BrN2O3S. The molecule has 2 aliphatic rings. The van der Waals surface area contributed by atoms with Crippen LogP contribution in [0.4, 0.5) is 16.2 Å². The van der Waals surface area contributed by atoms with Gasteiger partial charge in [0.25, 0.3) is 0 Å². The highest BCUT2D eigenvalue weighted by Gasteiger charge is 2.54. The van der Waals surface area contributed by atoms with Gasteiger partial charge in [0.05, 0.1) is 23.6 Å². The average Bonchev–Trinajstić information content (AvgIpc) is 2.95. The Morgan fingerprint density at radius 3 is 2.08 bits per heavy atom.